The lowest BCUT2D eigenvalue weighted by atomic mass is 10.1. The highest BCUT2D eigenvalue weighted by molar-refractivity contribution is 7.89. The van der Waals surface area contributed by atoms with Gasteiger partial charge in [-0.15, -0.1) is 12.4 Å². The Hall–Kier alpha value is -1.84. The molecule has 2 rings (SSSR count). The van der Waals surface area contributed by atoms with Crippen LogP contribution < -0.4 is 21.1 Å². The molecule has 5 N–H and O–H groups in total. The Balaban J connectivity index is 0.00000338. The molecule has 0 bridgehead atoms. The Kier molecular flexibility index (Phi) is 7.86. The molecule has 0 spiro atoms. The maximum absolute atomic E-state index is 12.8. The van der Waals surface area contributed by atoms with Crippen molar-refractivity contribution in [1.29, 1.82) is 0 Å². The number of hydrogen-bond acceptors (Lipinski definition) is 4. The number of aliphatic imine (C=N–C) groups is 1. The van der Waals surface area contributed by atoms with E-state index in [0.717, 1.165) is 32.4 Å². The van der Waals surface area contributed by atoms with Crippen LogP contribution in [0.5, 0.6) is 0 Å². The van der Waals surface area contributed by atoms with Gasteiger partial charge in [-0.2, -0.15) is 4.99 Å². The van der Waals surface area contributed by atoms with Crippen molar-refractivity contribution in [3.05, 3.63) is 23.8 Å². The number of benzene rings is 1. The minimum absolute atomic E-state index is 0. The number of nitrogens with two attached hydrogens (primary N) is 2. The Morgan fingerprint density at radius 2 is 1.81 bits per heavy atom. The van der Waals surface area contributed by atoms with E-state index in [2.05, 4.69) is 9.71 Å². The molecule has 0 atom stereocenters. The third-order valence-electron chi connectivity index (χ3n) is 3.81. The Morgan fingerprint density at radius 1 is 1.19 bits per heavy atom. The number of anilines is 1. The van der Waals surface area contributed by atoms with Gasteiger partial charge in [0, 0.05) is 24.7 Å². The highest BCUT2D eigenvalue weighted by Crippen LogP contribution is 2.29. The van der Waals surface area contributed by atoms with E-state index in [9.17, 15) is 13.2 Å². The van der Waals surface area contributed by atoms with Crippen LogP contribution in [0, 0.1) is 0 Å². The molecular weight excluding hydrogens is 378 g/mol. The third kappa shape index (κ3) is 5.58. The molecule has 1 saturated heterocycles. The lowest BCUT2D eigenvalue weighted by Crippen LogP contribution is -2.34. The maximum atomic E-state index is 12.8. The highest BCUT2D eigenvalue weighted by Gasteiger charge is 2.25. The number of nitrogens with zero attached hydrogens (tertiary/aromatic N) is 2. The summed E-state index contributed by atoms with van der Waals surface area (Å²) in [6, 6.07) is 4.27. The molecule has 0 aromatic heterocycles. The molecule has 0 saturated carbocycles. The van der Waals surface area contributed by atoms with Crippen molar-refractivity contribution >= 4 is 40.0 Å². The number of amides is 1. The van der Waals surface area contributed by atoms with E-state index >= 15 is 0 Å². The Labute approximate surface area is 160 Å². The average Bonchev–Trinajstić information content (AvgIpc) is 2.53. The quantitative estimate of drug-likeness (QED) is 0.500. The number of carbonyl (C=O) groups is 1. The number of nitrogens with one attached hydrogen (secondary N) is 1. The van der Waals surface area contributed by atoms with E-state index in [1.807, 2.05) is 4.90 Å². The van der Waals surface area contributed by atoms with E-state index in [1.54, 1.807) is 26.0 Å². The predicted octanol–water partition coefficient (Wildman–Crippen LogP) is 1.20. The molecule has 1 aromatic carbocycles. The largest absolute Gasteiger partial charge is 0.370 e. The van der Waals surface area contributed by atoms with Crippen molar-refractivity contribution in [2.24, 2.45) is 16.5 Å². The second-order valence-electron chi connectivity index (χ2n) is 6.35. The average molecular weight is 404 g/mol. The molecule has 1 aliphatic rings. The van der Waals surface area contributed by atoms with Crippen LogP contribution in [0.1, 0.15) is 43.5 Å². The number of piperidine rings is 1. The van der Waals surface area contributed by atoms with Gasteiger partial charge in [0.05, 0.1) is 5.69 Å². The summed E-state index contributed by atoms with van der Waals surface area (Å²) in [5.41, 5.74) is 11.2. The van der Waals surface area contributed by atoms with Gasteiger partial charge in [-0.1, -0.05) is 0 Å². The summed E-state index contributed by atoms with van der Waals surface area (Å²) in [6.07, 6.45) is 3.14. The minimum atomic E-state index is -3.78. The van der Waals surface area contributed by atoms with Gasteiger partial charge in [0.25, 0.3) is 5.91 Å². The van der Waals surface area contributed by atoms with Gasteiger partial charge in [0.1, 0.15) is 4.90 Å². The lowest BCUT2D eigenvalue weighted by Gasteiger charge is -2.30. The zero-order valence-corrected chi connectivity index (χ0v) is 16.6. The topological polar surface area (TPSA) is 131 Å². The zero-order valence-electron chi connectivity index (χ0n) is 14.9. The number of halogens is 1. The van der Waals surface area contributed by atoms with Crippen LogP contribution in [0.25, 0.3) is 0 Å². The molecule has 1 aliphatic heterocycles. The minimum Gasteiger partial charge on any atom is -0.370 e. The fourth-order valence-corrected chi connectivity index (χ4v) is 4.32. The highest BCUT2D eigenvalue weighted by atomic mass is 35.5. The molecule has 0 unspecified atom stereocenters. The van der Waals surface area contributed by atoms with Crippen molar-refractivity contribution in [3.63, 3.8) is 0 Å². The van der Waals surface area contributed by atoms with Crippen LogP contribution in [-0.4, -0.2) is 39.4 Å². The van der Waals surface area contributed by atoms with Gasteiger partial charge in [0.15, 0.2) is 5.96 Å². The maximum Gasteiger partial charge on any atom is 0.280 e. The van der Waals surface area contributed by atoms with Crippen LogP contribution >= 0.6 is 12.4 Å². The summed E-state index contributed by atoms with van der Waals surface area (Å²) >= 11 is 0. The Morgan fingerprint density at radius 3 is 2.35 bits per heavy atom. The second kappa shape index (κ2) is 9.20. The van der Waals surface area contributed by atoms with Crippen LogP contribution in [0.2, 0.25) is 0 Å². The van der Waals surface area contributed by atoms with Crippen LogP contribution in [-0.2, 0) is 10.0 Å². The van der Waals surface area contributed by atoms with E-state index < -0.39 is 15.9 Å². The van der Waals surface area contributed by atoms with Gasteiger partial charge < -0.3 is 16.4 Å². The summed E-state index contributed by atoms with van der Waals surface area (Å²) in [7, 11) is -3.78. The van der Waals surface area contributed by atoms with Crippen molar-refractivity contribution in [2.75, 3.05) is 18.0 Å². The van der Waals surface area contributed by atoms with Crippen LogP contribution in [0.4, 0.5) is 5.69 Å². The molecule has 1 heterocycles. The summed E-state index contributed by atoms with van der Waals surface area (Å²) in [5, 5.41) is 0. The van der Waals surface area contributed by atoms with E-state index in [1.165, 1.54) is 6.07 Å². The lowest BCUT2D eigenvalue weighted by molar-refractivity contribution is 0.100. The summed E-state index contributed by atoms with van der Waals surface area (Å²) in [6.45, 7) is 5.05. The first kappa shape index (κ1) is 22.2. The van der Waals surface area contributed by atoms with E-state index in [4.69, 9.17) is 11.5 Å². The first-order valence-electron chi connectivity index (χ1n) is 8.26. The molecule has 0 aliphatic carbocycles. The van der Waals surface area contributed by atoms with Gasteiger partial charge >= 0.3 is 0 Å². The first-order valence-corrected chi connectivity index (χ1v) is 9.74. The molecule has 0 radical (unpaired) electrons. The van der Waals surface area contributed by atoms with Crippen LogP contribution in [0.3, 0.4) is 0 Å². The first-order chi connectivity index (χ1) is 11.7. The number of hydrogen-bond donors (Lipinski definition) is 3. The number of guanidine groups is 1. The molecule has 1 aromatic rings. The fourth-order valence-electron chi connectivity index (χ4n) is 2.81. The number of rotatable bonds is 5. The van der Waals surface area contributed by atoms with Crippen molar-refractivity contribution in [2.45, 2.75) is 44.0 Å². The normalized spacial score (nSPS) is 14.7. The van der Waals surface area contributed by atoms with Gasteiger partial charge in [-0.05, 0) is 51.3 Å². The standard InChI is InChI=1S/C16H25N5O3S.ClH/c1-11(2)20-25(23,24)14-10-12(15(22)19-16(17)18)6-7-13(14)21-8-4-3-5-9-21;/h6-7,10-11,20H,3-5,8-9H2,1-2H3,(H4,17,18,19,22);1H. The van der Waals surface area contributed by atoms with Gasteiger partial charge in [-0.3, -0.25) is 4.79 Å². The fraction of sp³-hybridized carbons (Fsp3) is 0.500. The molecule has 10 heteroatoms. The van der Waals surface area contributed by atoms with E-state index in [-0.39, 0.29) is 34.9 Å². The summed E-state index contributed by atoms with van der Waals surface area (Å²) in [5.74, 6) is -1.04. The van der Waals surface area contributed by atoms with Crippen molar-refractivity contribution in [3.8, 4) is 0 Å². The zero-order chi connectivity index (χ0) is 18.6. The number of sulfonamides is 1. The second-order valence-corrected chi connectivity index (χ2v) is 8.03. The van der Waals surface area contributed by atoms with Gasteiger partial charge in [0.2, 0.25) is 10.0 Å². The Bertz CT molecular complexity index is 770. The van der Waals surface area contributed by atoms with Crippen molar-refractivity contribution < 1.29 is 13.2 Å². The third-order valence-corrected chi connectivity index (χ3v) is 5.50. The molecular formula is C16H26ClN5O3S. The number of carbonyl (C=O) groups excluding carboxylic acids is 1. The monoisotopic (exact) mass is 403 g/mol. The SMILES string of the molecule is CC(C)NS(=O)(=O)c1cc(C(=O)N=C(N)N)ccc1N1CCCCC1.Cl. The molecule has 8 nitrogen and oxygen atoms in total. The van der Waals surface area contributed by atoms with Gasteiger partial charge in [-0.25, -0.2) is 13.1 Å². The smallest absolute Gasteiger partial charge is 0.280 e. The van der Waals surface area contributed by atoms with Crippen LogP contribution in [0.15, 0.2) is 28.1 Å². The van der Waals surface area contributed by atoms with E-state index in [0.29, 0.717) is 5.69 Å². The summed E-state index contributed by atoms with van der Waals surface area (Å²) < 4.78 is 28.1. The molecule has 1 amide bonds. The molecule has 1 fully saturated rings. The molecule has 26 heavy (non-hydrogen) atoms. The summed E-state index contributed by atoms with van der Waals surface area (Å²) in [4.78, 5) is 17.7. The predicted molar refractivity (Wildman–Crippen MR) is 105 cm³/mol. The molecule has 146 valence electrons. The van der Waals surface area contributed by atoms with Crippen molar-refractivity contribution in [1.82, 2.24) is 4.72 Å².